The van der Waals surface area contributed by atoms with E-state index in [0.29, 0.717) is 10.8 Å². The molecular weight excluding hydrogens is 164 g/mol. The first-order valence-corrected chi connectivity index (χ1v) is 3.43. The highest BCUT2D eigenvalue weighted by molar-refractivity contribution is 6.31. The number of nitrogens with zero attached hydrogens (tertiary/aromatic N) is 1. The maximum Gasteiger partial charge on any atom is 0.140 e. The van der Waals surface area contributed by atoms with Crippen molar-refractivity contribution < 1.29 is 4.74 Å². The highest BCUT2D eigenvalue weighted by Gasteiger charge is 1.94. The fourth-order valence-electron chi connectivity index (χ4n) is 0.528. The molecule has 0 radical (unpaired) electrons. The maximum atomic E-state index is 5.64. The van der Waals surface area contributed by atoms with Gasteiger partial charge in [-0.25, -0.2) is 0 Å². The largest absolute Gasteiger partial charge is 0.495 e. The zero-order chi connectivity index (χ0) is 8.69. The number of halogens is 1. The third-order valence-corrected chi connectivity index (χ3v) is 1.24. The fourth-order valence-corrected chi connectivity index (χ4v) is 0.724. The smallest absolute Gasteiger partial charge is 0.140 e. The Morgan fingerprint density at radius 1 is 1.55 bits per heavy atom. The summed E-state index contributed by atoms with van der Waals surface area (Å²) in [5, 5.41) is 0.542. The van der Waals surface area contributed by atoms with Crippen molar-refractivity contribution in [1.29, 1.82) is 0 Å². The van der Waals surface area contributed by atoms with E-state index in [4.69, 9.17) is 16.3 Å². The summed E-state index contributed by atoms with van der Waals surface area (Å²) in [4.78, 5) is 3.78. The molecule has 1 heterocycles. The van der Waals surface area contributed by atoms with Crippen LogP contribution in [0.25, 0.3) is 0 Å². The molecule has 0 aliphatic carbocycles. The molecule has 0 saturated carbocycles. The predicted octanol–water partition coefficient (Wildman–Crippen LogP) is 1.32. The molecule has 1 rings (SSSR count). The van der Waals surface area contributed by atoms with Gasteiger partial charge in [-0.2, -0.15) is 0 Å². The van der Waals surface area contributed by atoms with Gasteiger partial charge < -0.3 is 10.5 Å². The van der Waals surface area contributed by atoms with E-state index in [9.17, 15) is 0 Å². The minimum absolute atomic E-state index is 0.542. The van der Waals surface area contributed by atoms with E-state index in [1.54, 1.807) is 25.6 Å². The SMILES string of the molecule is CN.COc1ccncc1Cl. The number of pyridine rings is 1. The van der Waals surface area contributed by atoms with Crippen LogP contribution >= 0.6 is 11.6 Å². The van der Waals surface area contributed by atoms with Gasteiger partial charge >= 0.3 is 0 Å². The maximum absolute atomic E-state index is 5.64. The van der Waals surface area contributed by atoms with Gasteiger partial charge in [-0.05, 0) is 13.1 Å². The quantitative estimate of drug-likeness (QED) is 0.699. The lowest BCUT2D eigenvalue weighted by Crippen LogP contribution is -1.83. The van der Waals surface area contributed by atoms with Gasteiger partial charge in [0.25, 0.3) is 0 Å². The lowest BCUT2D eigenvalue weighted by atomic mass is 10.4. The number of ether oxygens (including phenoxy) is 1. The minimum atomic E-state index is 0.542. The van der Waals surface area contributed by atoms with Crippen LogP contribution in [-0.4, -0.2) is 19.1 Å². The molecule has 3 nitrogen and oxygen atoms in total. The Kier molecular flexibility index (Phi) is 5.51. The molecule has 2 N–H and O–H groups in total. The van der Waals surface area contributed by atoms with Crippen molar-refractivity contribution >= 4 is 11.6 Å². The Bertz CT molecular complexity index is 205. The number of nitrogens with two attached hydrogens (primary N) is 1. The molecule has 0 fully saturated rings. The van der Waals surface area contributed by atoms with Crippen LogP contribution in [0.2, 0.25) is 5.02 Å². The highest BCUT2D eigenvalue weighted by Crippen LogP contribution is 2.20. The number of rotatable bonds is 1. The molecule has 0 saturated heterocycles. The summed E-state index contributed by atoms with van der Waals surface area (Å²) in [5.74, 6) is 0.659. The van der Waals surface area contributed by atoms with Gasteiger partial charge in [0, 0.05) is 12.4 Å². The number of aromatic nitrogens is 1. The van der Waals surface area contributed by atoms with E-state index >= 15 is 0 Å². The van der Waals surface area contributed by atoms with Crippen molar-refractivity contribution in [3.05, 3.63) is 23.5 Å². The van der Waals surface area contributed by atoms with Gasteiger partial charge in [-0.15, -0.1) is 0 Å². The summed E-state index contributed by atoms with van der Waals surface area (Å²) in [6.07, 6.45) is 3.17. The Morgan fingerprint density at radius 2 is 2.18 bits per heavy atom. The fraction of sp³-hybridized carbons (Fsp3) is 0.286. The lowest BCUT2D eigenvalue weighted by molar-refractivity contribution is 0.414. The molecule has 0 aliphatic heterocycles. The Hall–Kier alpha value is -0.800. The molecule has 0 aromatic carbocycles. The van der Waals surface area contributed by atoms with Crippen molar-refractivity contribution in [2.24, 2.45) is 5.73 Å². The molecule has 0 aliphatic rings. The van der Waals surface area contributed by atoms with Gasteiger partial charge in [-0.3, -0.25) is 4.98 Å². The molecule has 0 atom stereocenters. The first-order chi connectivity index (χ1) is 5.34. The van der Waals surface area contributed by atoms with Crippen molar-refractivity contribution in [3.63, 3.8) is 0 Å². The molecule has 4 heteroatoms. The van der Waals surface area contributed by atoms with Crippen molar-refractivity contribution in [2.75, 3.05) is 14.2 Å². The van der Waals surface area contributed by atoms with Crippen molar-refractivity contribution in [3.8, 4) is 5.75 Å². The first kappa shape index (κ1) is 10.2. The van der Waals surface area contributed by atoms with Crippen LogP contribution in [0.1, 0.15) is 0 Å². The summed E-state index contributed by atoms with van der Waals surface area (Å²) < 4.78 is 4.87. The van der Waals surface area contributed by atoms with Crippen LogP contribution in [0.5, 0.6) is 5.75 Å². The highest BCUT2D eigenvalue weighted by atomic mass is 35.5. The van der Waals surface area contributed by atoms with E-state index in [-0.39, 0.29) is 0 Å². The molecule has 11 heavy (non-hydrogen) atoms. The second-order valence-electron chi connectivity index (χ2n) is 1.51. The topological polar surface area (TPSA) is 48.1 Å². The molecular formula is C7H11ClN2O. The Labute approximate surface area is 71.1 Å². The van der Waals surface area contributed by atoms with Crippen molar-refractivity contribution in [1.82, 2.24) is 4.98 Å². The van der Waals surface area contributed by atoms with E-state index < -0.39 is 0 Å². The van der Waals surface area contributed by atoms with E-state index in [0.717, 1.165) is 0 Å². The normalized spacial score (nSPS) is 8.00. The summed E-state index contributed by atoms with van der Waals surface area (Å²) in [6, 6.07) is 1.71. The Balaban J connectivity index is 0.000000461. The lowest BCUT2D eigenvalue weighted by Gasteiger charge is -1.98. The monoisotopic (exact) mass is 174 g/mol. The molecule has 0 amide bonds. The third-order valence-electron chi connectivity index (χ3n) is 0.955. The second-order valence-corrected chi connectivity index (χ2v) is 1.92. The average Bonchev–Trinajstić information content (AvgIpc) is 2.09. The first-order valence-electron chi connectivity index (χ1n) is 3.06. The molecule has 0 bridgehead atoms. The third kappa shape index (κ3) is 3.20. The van der Waals surface area contributed by atoms with E-state index in [2.05, 4.69) is 10.7 Å². The van der Waals surface area contributed by atoms with Crippen LogP contribution in [0, 0.1) is 0 Å². The average molecular weight is 175 g/mol. The predicted molar refractivity (Wildman–Crippen MR) is 45.9 cm³/mol. The van der Waals surface area contributed by atoms with Crippen molar-refractivity contribution in [2.45, 2.75) is 0 Å². The van der Waals surface area contributed by atoms with E-state index in [1.807, 2.05) is 0 Å². The molecule has 62 valence electrons. The zero-order valence-corrected chi connectivity index (χ0v) is 7.30. The number of hydrogen-bond donors (Lipinski definition) is 1. The summed E-state index contributed by atoms with van der Waals surface area (Å²) in [6.45, 7) is 0. The van der Waals surface area contributed by atoms with Gasteiger partial charge in [0.1, 0.15) is 10.8 Å². The molecule has 0 spiro atoms. The minimum Gasteiger partial charge on any atom is -0.495 e. The van der Waals surface area contributed by atoms with Crippen LogP contribution in [0.4, 0.5) is 0 Å². The molecule has 0 unspecified atom stereocenters. The van der Waals surface area contributed by atoms with Gasteiger partial charge in [0.05, 0.1) is 7.11 Å². The molecule has 1 aromatic rings. The second kappa shape index (κ2) is 5.95. The van der Waals surface area contributed by atoms with Gasteiger partial charge in [0.15, 0.2) is 0 Å². The van der Waals surface area contributed by atoms with Gasteiger partial charge in [0.2, 0.25) is 0 Å². The number of hydrogen-bond acceptors (Lipinski definition) is 3. The summed E-state index contributed by atoms with van der Waals surface area (Å²) in [7, 11) is 3.07. The van der Waals surface area contributed by atoms with Crippen LogP contribution in [-0.2, 0) is 0 Å². The van der Waals surface area contributed by atoms with Crippen LogP contribution in [0.3, 0.4) is 0 Å². The summed E-state index contributed by atoms with van der Waals surface area (Å²) in [5.41, 5.74) is 4.50. The molecule has 1 aromatic heterocycles. The van der Waals surface area contributed by atoms with Crippen LogP contribution in [0.15, 0.2) is 18.5 Å². The standard InChI is InChI=1S/C6H6ClNO.CH5N/c1-9-6-2-3-8-4-5(6)7;1-2/h2-4H,1H3;2H2,1H3. The van der Waals surface area contributed by atoms with Crippen LogP contribution < -0.4 is 10.5 Å². The van der Waals surface area contributed by atoms with Gasteiger partial charge in [-0.1, -0.05) is 11.6 Å². The summed E-state index contributed by atoms with van der Waals surface area (Å²) >= 11 is 5.64. The Morgan fingerprint density at radius 3 is 2.55 bits per heavy atom. The van der Waals surface area contributed by atoms with E-state index in [1.165, 1.54) is 7.05 Å². The number of methoxy groups -OCH3 is 1. The zero-order valence-electron chi connectivity index (χ0n) is 6.54.